The maximum absolute atomic E-state index is 12.1. The molecule has 4 nitrogen and oxygen atoms in total. The van der Waals surface area contributed by atoms with Crippen molar-refractivity contribution in [2.45, 2.75) is 6.42 Å². The molecule has 2 rings (SSSR count). The molecule has 0 aliphatic rings. The molecule has 110 valence electrons. The fourth-order valence-electron chi connectivity index (χ4n) is 2.17. The van der Waals surface area contributed by atoms with Crippen molar-refractivity contribution in [2.24, 2.45) is 0 Å². The number of nitrogens with zero attached hydrogens (tertiary/aromatic N) is 1. The van der Waals surface area contributed by atoms with Gasteiger partial charge in [0.15, 0.2) is 0 Å². The number of hydrogen-bond donors (Lipinski definition) is 2. The van der Waals surface area contributed by atoms with Gasteiger partial charge in [0.2, 0.25) is 0 Å². The van der Waals surface area contributed by atoms with E-state index in [4.69, 9.17) is 5.73 Å². The molecule has 0 bridgehead atoms. The third-order valence-electron chi connectivity index (χ3n) is 3.31. The van der Waals surface area contributed by atoms with Crippen molar-refractivity contribution in [3.63, 3.8) is 0 Å². The van der Waals surface area contributed by atoms with Gasteiger partial charge in [0.25, 0.3) is 5.91 Å². The van der Waals surface area contributed by atoms with E-state index >= 15 is 0 Å². The van der Waals surface area contributed by atoms with E-state index in [0.29, 0.717) is 17.8 Å². The monoisotopic (exact) mass is 283 g/mol. The summed E-state index contributed by atoms with van der Waals surface area (Å²) in [5.41, 5.74) is 9.28. The molecule has 0 spiro atoms. The Labute approximate surface area is 125 Å². The summed E-state index contributed by atoms with van der Waals surface area (Å²) in [5.74, 6) is -0.0945. The first-order valence-corrected chi connectivity index (χ1v) is 6.97. The lowest BCUT2D eigenvalue weighted by Crippen LogP contribution is -2.26. The van der Waals surface area contributed by atoms with E-state index in [1.54, 1.807) is 12.1 Å². The van der Waals surface area contributed by atoms with Crippen LogP contribution in [0.5, 0.6) is 0 Å². The van der Waals surface area contributed by atoms with E-state index in [0.717, 1.165) is 12.1 Å². The van der Waals surface area contributed by atoms with Gasteiger partial charge in [0.05, 0.1) is 11.4 Å². The molecule has 0 heterocycles. The van der Waals surface area contributed by atoms with Crippen LogP contribution >= 0.6 is 0 Å². The summed E-state index contributed by atoms with van der Waals surface area (Å²) in [6.45, 7) is 0.609. The number of amides is 1. The normalized spacial score (nSPS) is 10.2. The highest BCUT2D eigenvalue weighted by Gasteiger charge is 2.08. The van der Waals surface area contributed by atoms with Gasteiger partial charge in [-0.2, -0.15) is 0 Å². The second kappa shape index (κ2) is 6.79. The van der Waals surface area contributed by atoms with Crippen LogP contribution < -0.4 is 16.0 Å². The lowest BCUT2D eigenvalue weighted by molar-refractivity contribution is 0.0954. The zero-order valence-electron chi connectivity index (χ0n) is 12.5. The average Bonchev–Trinajstić information content (AvgIpc) is 2.47. The molecular weight excluding hydrogens is 262 g/mol. The molecule has 0 saturated carbocycles. The molecule has 0 aliphatic heterocycles. The molecule has 0 radical (unpaired) electrons. The summed E-state index contributed by atoms with van der Waals surface area (Å²) in [5, 5.41) is 2.92. The minimum atomic E-state index is -0.0945. The molecule has 0 atom stereocenters. The molecule has 0 fully saturated rings. The highest BCUT2D eigenvalue weighted by atomic mass is 16.1. The Morgan fingerprint density at radius 2 is 1.86 bits per heavy atom. The van der Waals surface area contributed by atoms with Crippen molar-refractivity contribution in [1.29, 1.82) is 0 Å². The number of benzene rings is 2. The van der Waals surface area contributed by atoms with Gasteiger partial charge in [-0.1, -0.05) is 30.3 Å². The Hall–Kier alpha value is -2.49. The summed E-state index contributed by atoms with van der Waals surface area (Å²) in [4.78, 5) is 14.0. The molecule has 0 aromatic heterocycles. The maximum Gasteiger partial charge on any atom is 0.251 e. The number of nitrogens with one attached hydrogen (secondary N) is 1. The molecule has 2 aromatic rings. The van der Waals surface area contributed by atoms with Gasteiger partial charge in [-0.05, 0) is 30.2 Å². The lowest BCUT2D eigenvalue weighted by Gasteiger charge is -2.15. The highest BCUT2D eigenvalue weighted by Crippen LogP contribution is 2.22. The predicted octanol–water partition coefficient (Wildman–Crippen LogP) is 2.31. The van der Waals surface area contributed by atoms with Crippen LogP contribution in [-0.2, 0) is 6.42 Å². The summed E-state index contributed by atoms with van der Waals surface area (Å²) in [7, 11) is 3.84. The third kappa shape index (κ3) is 3.99. The Kier molecular flexibility index (Phi) is 4.82. The summed E-state index contributed by atoms with van der Waals surface area (Å²) < 4.78 is 0. The SMILES string of the molecule is CN(C)c1ccc(C(=O)NCCc2ccccc2)cc1N. The standard InChI is InChI=1S/C17H21N3O/c1-20(2)16-9-8-14(12-15(16)18)17(21)19-11-10-13-6-4-3-5-7-13/h3-9,12H,10-11,18H2,1-2H3,(H,19,21). The molecule has 0 aliphatic carbocycles. The number of rotatable bonds is 5. The number of carbonyl (C=O) groups excluding carboxylic acids is 1. The van der Waals surface area contributed by atoms with E-state index in [1.807, 2.05) is 43.3 Å². The minimum absolute atomic E-state index is 0.0945. The van der Waals surface area contributed by atoms with Crippen molar-refractivity contribution in [3.05, 3.63) is 59.7 Å². The van der Waals surface area contributed by atoms with Crippen molar-refractivity contribution in [1.82, 2.24) is 5.32 Å². The Morgan fingerprint density at radius 1 is 1.14 bits per heavy atom. The van der Waals surface area contributed by atoms with Gasteiger partial charge < -0.3 is 16.0 Å². The summed E-state index contributed by atoms with van der Waals surface area (Å²) in [6, 6.07) is 15.5. The van der Waals surface area contributed by atoms with Crippen LogP contribution in [0.2, 0.25) is 0 Å². The zero-order valence-corrected chi connectivity index (χ0v) is 12.5. The van der Waals surface area contributed by atoms with E-state index < -0.39 is 0 Å². The molecule has 21 heavy (non-hydrogen) atoms. The van der Waals surface area contributed by atoms with Gasteiger partial charge in [-0.15, -0.1) is 0 Å². The zero-order chi connectivity index (χ0) is 15.2. The molecule has 2 aromatic carbocycles. The quantitative estimate of drug-likeness (QED) is 0.828. The number of carbonyl (C=O) groups is 1. The fraction of sp³-hybridized carbons (Fsp3) is 0.235. The first kappa shape index (κ1) is 14.9. The van der Waals surface area contributed by atoms with Crippen LogP contribution in [0.1, 0.15) is 15.9 Å². The van der Waals surface area contributed by atoms with Crippen molar-refractivity contribution in [3.8, 4) is 0 Å². The van der Waals surface area contributed by atoms with Gasteiger partial charge in [-0.3, -0.25) is 4.79 Å². The predicted molar refractivity (Wildman–Crippen MR) is 87.7 cm³/mol. The van der Waals surface area contributed by atoms with Crippen LogP contribution in [0.4, 0.5) is 11.4 Å². The third-order valence-corrected chi connectivity index (χ3v) is 3.31. The molecule has 3 N–H and O–H groups in total. The molecule has 0 saturated heterocycles. The number of hydrogen-bond acceptors (Lipinski definition) is 3. The highest BCUT2D eigenvalue weighted by molar-refractivity contribution is 5.96. The van der Waals surface area contributed by atoms with Crippen LogP contribution in [0, 0.1) is 0 Å². The topological polar surface area (TPSA) is 58.4 Å². The van der Waals surface area contributed by atoms with Crippen molar-refractivity contribution >= 4 is 17.3 Å². The van der Waals surface area contributed by atoms with Crippen molar-refractivity contribution in [2.75, 3.05) is 31.3 Å². The largest absolute Gasteiger partial charge is 0.397 e. The van der Waals surface area contributed by atoms with Gasteiger partial charge >= 0.3 is 0 Å². The molecule has 4 heteroatoms. The average molecular weight is 283 g/mol. The summed E-state index contributed by atoms with van der Waals surface area (Å²) in [6.07, 6.45) is 0.817. The van der Waals surface area contributed by atoms with Crippen LogP contribution in [0.3, 0.4) is 0 Å². The van der Waals surface area contributed by atoms with E-state index in [-0.39, 0.29) is 5.91 Å². The van der Waals surface area contributed by atoms with Crippen LogP contribution in [-0.4, -0.2) is 26.5 Å². The fourth-order valence-corrected chi connectivity index (χ4v) is 2.17. The number of nitrogens with two attached hydrogens (primary N) is 1. The summed E-state index contributed by atoms with van der Waals surface area (Å²) >= 11 is 0. The van der Waals surface area contributed by atoms with Gasteiger partial charge in [0, 0.05) is 26.2 Å². The van der Waals surface area contributed by atoms with Crippen molar-refractivity contribution < 1.29 is 4.79 Å². The molecular formula is C17H21N3O. The minimum Gasteiger partial charge on any atom is -0.397 e. The van der Waals surface area contributed by atoms with E-state index in [1.165, 1.54) is 5.56 Å². The molecule has 0 unspecified atom stereocenters. The van der Waals surface area contributed by atoms with Gasteiger partial charge in [0.1, 0.15) is 0 Å². The second-order valence-electron chi connectivity index (χ2n) is 5.16. The Bertz CT molecular complexity index is 609. The van der Waals surface area contributed by atoms with E-state index in [2.05, 4.69) is 17.4 Å². The first-order chi connectivity index (χ1) is 10.1. The van der Waals surface area contributed by atoms with Gasteiger partial charge in [-0.25, -0.2) is 0 Å². The lowest BCUT2D eigenvalue weighted by atomic mass is 10.1. The maximum atomic E-state index is 12.1. The number of anilines is 2. The second-order valence-corrected chi connectivity index (χ2v) is 5.16. The number of nitrogen functional groups attached to an aromatic ring is 1. The molecule has 1 amide bonds. The smallest absolute Gasteiger partial charge is 0.251 e. The Balaban J connectivity index is 1.93. The Morgan fingerprint density at radius 3 is 2.48 bits per heavy atom. The van der Waals surface area contributed by atoms with Crippen LogP contribution in [0.25, 0.3) is 0 Å². The van der Waals surface area contributed by atoms with E-state index in [9.17, 15) is 4.79 Å². The first-order valence-electron chi connectivity index (χ1n) is 6.97. The van der Waals surface area contributed by atoms with Crippen LogP contribution in [0.15, 0.2) is 48.5 Å².